The van der Waals surface area contributed by atoms with Crippen molar-refractivity contribution in [3.63, 3.8) is 0 Å². The highest BCUT2D eigenvalue weighted by atomic mass is 79.9. The summed E-state index contributed by atoms with van der Waals surface area (Å²) in [5.74, 6) is -2.36. The highest BCUT2D eigenvalue weighted by Crippen LogP contribution is 2.33. The number of ketones is 1. The molecule has 0 spiro atoms. The fraction of sp³-hybridized carbons (Fsp3) is 0.0769. The first-order valence-electron chi connectivity index (χ1n) is 5.17. The molecule has 0 N–H and O–H groups in total. The largest absolute Gasteiger partial charge is 0.291 e. The predicted molar refractivity (Wildman–Crippen MR) is 76.1 cm³/mol. The molecule has 0 aliphatic rings. The summed E-state index contributed by atoms with van der Waals surface area (Å²) in [5.41, 5.74) is -0.0723. The van der Waals surface area contributed by atoms with Crippen LogP contribution in [0.15, 0.2) is 34.1 Å². The van der Waals surface area contributed by atoms with Crippen LogP contribution < -0.4 is 0 Å². The highest BCUT2D eigenvalue weighted by molar-refractivity contribution is 9.10. The first-order chi connectivity index (χ1) is 9.06. The molecule has 2 nitrogen and oxygen atoms in total. The summed E-state index contributed by atoms with van der Waals surface area (Å²) in [6, 6.07) is 7.60. The number of benzene rings is 1. The van der Waals surface area contributed by atoms with Crippen LogP contribution >= 0.6 is 38.9 Å². The van der Waals surface area contributed by atoms with E-state index in [-0.39, 0.29) is 10.6 Å². The van der Waals surface area contributed by atoms with Crippen molar-refractivity contribution in [2.45, 2.75) is 5.92 Å². The van der Waals surface area contributed by atoms with Crippen molar-refractivity contribution in [3.8, 4) is 6.07 Å². The van der Waals surface area contributed by atoms with Crippen molar-refractivity contribution in [1.29, 1.82) is 5.26 Å². The second-order valence-electron chi connectivity index (χ2n) is 3.66. The van der Waals surface area contributed by atoms with Gasteiger partial charge in [-0.2, -0.15) is 5.26 Å². The minimum atomic E-state index is -1.25. The summed E-state index contributed by atoms with van der Waals surface area (Å²) in [6.45, 7) is 0. The van der Waals surface area contributed by atoms with Gasteiger partial charge in [0.2, 0.25) is 0 Å². The van der Waals surface area contributed by atoms with Crippen LogP contribution in [0, 0.1) is 17.1 Å². The quantitative estimate of drug-likeness (QED) is 0.740. The van der Waals surface area contributed by atoms with Crippen LogP contribution in [0.4, 0.5) is 4.39 Å². The number of thiophene rings is 1. The Kier molecular flexibility index (Phi) is 4.35. The van der Waals surface area contributed by atoms with Crippen LogP contribution in [0.2, 0.25) is 5.02 Å². The Bertz CT molecular complexity index is 659. The van der Waals surface area contributed by atoms with Crippen LogP contribution in [0.5, 0.6) is 0 Å². The second kappa shape index (κ2) is 5.83. The SMILES string of the molecule is N#CC(C(=O)c1sccc1Br)c1c(F)cccc1Cl. The number of halogens is 3. The van der Waals surface area contributed by atoms with Crippen molar-refractivity contribution >= 4 is 44.7 Å². The molecule has 19 heavy (non-hydrogen) atoms. The first kappa shape index (κ1) is 14.2. The summed E-state index contributed by atoms with van der Waals surface area (Å²) in [4.78, 5) is 12.7. The van der Waals surface area contributed by atoms with Crippen LogP contribution in [-0.2, 0) is 0 Å². The first-order valence-corrected chi connectivity index (χ1v) is 7.22. The molecule has 1 aromatic heterocycles. The van der Waals surface area contributed by atoms with Crippen LogP contribution in [-0.4, -0.2) is 5.78 Å². The Morgan fingerprint density at radius 3 is 2.74 bits per heavy atom. The molecule has 1 atom stereocenters. The van der Waals surface area contributed by atoms with Gasteiger partial charge >= 0.3 is 0 Å². The Labute approximate surface area is 126 Å². The minimum absolute atomic E-state index is 0.0723. The lowest BCUT2D eigenvalue weighted by atomic mass is 9.94. The second-order valence-corrected chi connectivity index (χ2v) is 5.84. The maximum atomic E-state index is 13.8. The van der Waals surface area contributed by atoms with E-state index in [1.807, 2.05) is 6.07 Å². The third-order valence-corrected chi connectivity index (χ3v) is 4.70. The van der Waals surface area contributed by atoms with E-state index >= 15 is 0 Å². The van der Waals surface area contributed by atoms with E-state index in [4.69, 9.17) is 11.6 Å². The van der Waals surface area contributed by atoms with Crippen LogP contribution in [0.1, 0.15) is 21.2 Å². The highest BCUT2D eigenvalue weighted by Gasteiger charge is 2.28. The number of Topliss-reactive ketones (excluding diaryl/α,β-unsaturated/α-hetero) is 1. The third kappa shape index (κ3) is 2.71. The smallest absolute Gasteiger partial charge is 0.195 e. The topological polar surface area (TPSA) is 40.9 Å². The normalized spacial score (nSPS) is 11.9. The van der Waals surface area contributed by atoms with Crippen molar-refractivity contribution < 1.29 is 9.18 Å². The Morgan fingerprint density at radius 1 is 1.47 bits per heavy atom. The van der Waals surface area contributed by atoms with Crippen molar-refractivity contribution in [3.05, 3.63) is 55.4 Å². The zero-order chi connectivity index (χ0) is 14.0. The van der Waals surface area contributed by atoms with E-state index in [0.29, 0.717) is 9.35 Å². The maximum Gasteiger partial charge on any atom is 0.195 e. The number of hydrogen-bond donors (Lipinski definition) is 0. The number of nitrogens with zero attached hydrogens (tertiary/aromatic N) is 1. The molecule has 0 radical (unpaired) electrons. The maximum absolute atomic E-state index is 13.8. The molecule has 0 amide bonds. The summed E-state index contributed by atoms with van der Waals surface area (Å²) in [6.07, 6.45) is 0. The van der Waals surface area contributed by atoms with Gasteiger partial charge in [-0.1, -0.05) is 17.7 Å². The molecule has 1 heterocycles. The van der Waals surface area contributed by atoms with Gasteiger partial charge in [-0.25, -0.2) is 4.39 Å². The summed E-state index contributed by atoms with van der Waals surface area (Å²) >= 11 is 10.3. The molecule has 96 valence electrons. The standard InChI is InChI=1S/C13H6BrClFNOS/c14-8-4-5-19-13(8)12(18)7(6-17)11-9(15)2-1-3-10(11)16/h1-5,7H. The van der Waals surface area contributed by atoms with E-state index in [0.717, 1.165) is 0 Å². The van der Waals surface area contributed by atoms with E-state index in [9.17, 15) is 14.4 Å². The molecule has 0 aliphatic heterocycles. The fourth-order valence-electron chi connectivity index (χ4n) is 1.64. The molecule has 6 heteroatoms. The summed E-state index contributed by atoms with van der Waals surface area (Å²) in [5, 5.41) is 11.0. The van der Waals surface area contributed by atoms with E-state index in [2.05, 4.69) is 15.9 Å². The van der Waals surface area contributed by atoms with Gasteiger partial charge < -0.3 is 0 Å². The number of rotatable bonds is 3. The summed E-state index contributed by atoms with van der Waals surface area (Å²) < 4.78 is 14.4. The van der Waals surface area contributed by atoms with E-state index in [1.54, 1.807) is 11.4 Å². The van der Waals surface area contributed by atoms with Crippen LogP contribution in [0.25, 0.3) is 0 Å². The van der Waals surface area contributed by atoms with Gasteiger partial charge in [0.1, 0.15) is 11.7 Å². The zero-order valence-electron chi connectivity index (χ0n) is 9.36. The van der Waals surface area contributed by atoms with Gasteiger partial charge in [0.05, 0.1) is 10.9 Å². The Balaban J connectivity index is 2.50. The third-order valence-electron chi connectivity index (χ3n) is 2.52. The molecule has 0 saturated heterocycles. The molecule has 0 aliphatic carbocycles. The number of nitriles is 1. The average Bonchev–Trinajstić information content (AvgIpc) is 2.79. The molecule has 0 fully saturated rings. The van der Waals surface area contributed by atoms with Gasteiger partial charge in [-0.3, -0.25) is 4.79 Å². The van der Waals surface area contributed by atoms with E-state index in [1.165, 1.54) is 29.5 Å². The number of hydrogen-bond acceptors (Lipinski definition) is 3. The van der Waals surface area contributed by atoms with Gasteiger partial charge in [0, 0.05) is 15.1 Å². The lowest BCUT2D eigenvalue weighted by Gasteiger charge is -2.10. The molecular formula is C13H6BrClFNOS. The van der Waals surface area contributed by atoms with Gasteiger partial charge in [0.25, 0.3) is 0 Å². The van der Waals surface area contributed by atoms with Gasteiger partial charge in [-0.05, 0) is 39.5 Å². The van der Waals surface area contributed by atoms with E-state index < -0.39 is 17.5 Å². The average molecular weight is 359 g/mol. The van der Waals surface area contributed by atoms with Crippen LogP contribution in [0.3, 0.4) is 0 Å². The molecule has 0 bridgehead atoms. The predicted octanol–water partition coefficient (Wildman–Crippen LogP) is 4.79. The zero-order valence-corrected chi connectivity index (χ0v) is 12.5. The monoisotopic (exact) mass is 357 g/mol. The van der Waals surface area contributed by atoms with Gasteiger partial charge in [-0.15, -0.1) is 11.3 Å². The molecule has 1 aromatic carbocycles. The molecule has 2 aromatic rings. The fourth-order valence-corrected chi connectivity index (χ4v) is 3.45. The Morgan fingerprint density at radius 2 is 2.21 bits per heavy atom. The van der Waals surface area contributed by atoms with Crippen molar-refractivity contribution in [1.82, 2.24) is 0 Å². The number of carbonyl (C=O) groups is 1. The number of carbonyl (C=O) groups excluding carboxylic acids is 1. The van der Waals surface area contributed by atoms with Crippen molar-refractivity contribution in [2.24, 2.45) is 0 Å². The Hall–Kier alpha value is -1.22. The lowest BCUT2D eigenvalue weighted by Crippen LogP contribution is -2.12. The molecular weight excluding hydrogens is 353 g/mol. The molecule has 2 rings (SSSR count). The van der Waals surface area contributed by atoms with Crippen molar-refractivity contribution in [2.75, 3.05) is 0 Å². The molecule has 1 unspecified atom stereocenters. The lowest BCUT2D eigenvalue weighted by molar-refractivity contribution is 0.0981. The minimum Gasteiger partial charge on any atom is -0.291 e. The summed E-state index contributed by atoms with van der Waals surface area (Å²) in [7, 11) is 0. The molecule has 0 saturated carbocycles. The van der Waals surface area contributed by atoms with Gasteiger partial charge in [0.15, 0.2) is 5.78 Å².